The molecule has 0 saturated carbocycles. The average molecular weight is 298 g/mol. The molecule has 1 heterocycles. The molecule has 0 bridgehead atoms. The second-order valence-corrected chi connectivity index (χ2v) is 4.79. The van der Waals surface area contributed by atoms with Crippen LogP contribution in [-0.4, -0.2) is 22.6 Å². The third-order valence-electron chi connectivity index (χ3n) is 3.31. The predicted octanol–water partition coefficient (Wildman–Crippen LogP) is 2.30. The van der Waals surface area contributed by atoms with Crippen molar-refractivity contribution < 1.29 is 19.1 Å². The molecule has 2 N–H and O–H groups in total. The smallest absolute Gasteiger partial charge is 0.286 e. The van der Waals surface area contributed by atoms with E-state index < -0.39 is 29.1 Å². The number of fused-ring (bicyclic) bond motifs is 1. The normalized spacial score (nSPS) is 19.8. The van der Waals surface area contributed by atoms with Crippen LogP contribution < -0.4 is 5.32 Å². The first-order chi connectivity index (χ1) is 10.6. The van der Waals surface area contributed by atoms with E-state index in [9.17, 15) is 19.1 Å². The summed E-state index contributed by atoms with van der Waals surface area (Å²) >= 11 is 0. The van der Waals surface area contributed by atoms with Gasteiger partial charge in [0.15, 0.2) is 0 Å². The van der Waals surface area contributed by atoms with Crippen molar-refractivity contribution in [2.45, 2.75) is 0 Å². The molecule has 1 unspecified atom stereocenters. The van der Waals surface area contributed by atoms with Gasteiger partial charge in [0.25, 0.3) is 11.8 Å². The maximum absolute atomic E-state index is 13.1. The summed E-state index contributed by atoms with van der Waals surface area (Å²) in [6.45, 7) is 0. The molecule has 1 aliphatic heterocycles. The van der Waals surface area contributed by atoms with Crippen molar-refractivity contribution >= 4 is 23.2 Å². The van der Waals surface area contributed by atoms with E-state index >= 15 is 0 Å². The Morgan fingerprint density at radius 2 is 2.14 bits per heavy atom. The summed E-state index contributed by atoms with van der Waals surface area (Å²) in [4.78, 5) is 28.0. The maximum Gasteiger partial charge on any atom is 0.286 e. The van der Waals surface area contributed by atoms with Gasteiger partial charge in [-0.15, -0.1) is 0 Å². The number of hydrogen-bond donors (Lipinski definition) is 2. The Morgan fingerprint density at radius 1 is 1.32 bits per heavy atom. The van der Waals surface area contributed by atoms with Crippen LogP contribution in [-0.2, 0) is 9.59 Å². The van der Waals surface area contributed by atoms with Crippen molar-refractivity contribution in [3.63, 3.8) is 0 Å². The zero-order valence-electron chi connectivity index (χ0n) is 11.3. The molecular weight excluding hydrogens is 287 g/mol. The Bertz CT molecular complexity index is 790. The van der Waals surface area contributed by atoms with E-state index in [1.54, 1.807) is 24.3 Å². The fourth-order valence-corrected chi connectivity index (χ4v) is 2.28. The fraction of sp³-hybridized carbons (Fsp3) is 0.0625. The molecule has 22 heavy (non-hydrogen) atoms. The molecule has 1 aromatic rings. The largest absolute Gasteiger partial charge is 0.510 e. The Labute approximate surface area is 125 Å². The van der Waals surface area contributed by atoms with Crippen LogP contribution in [0.15, 0.2) is 64.9 Å². The molecule has 0 spiro atoms. The van der Waals surface area contributed by atoms with Gasteiger partial charge < -0.3 is 10.4 Å². The molecule has 3 rings (SSSR count). The summed E-state index contributed by atoms with van der Waals surface area (Å²) < 4.78 is 13.1. The zero-order valence-corrected chi connectivity index (χ0v) is 11.3. The molecular formula is C16H11FN2O3. The minimum absolute atomic E-state index is 0.187. The van der Waals surface area contributed by atoms with Gasteiger partial charge in [0.2, 0.25) is 0 Å². The SMILES string of the molecule is O=C1N=C2C=CC=CC2C(O)=C1C(=O)Nc1cccc(F)c1. The second-order valence-electron chi connectivity index (χ2n) is 4.79. The summed E-state index contributed by atoms with van der Waals surface area (Å²) in [6, 6.07) is 5.24. The molecule has 0 aromatic heterocycles. The van der Waals surface area contributed by atoms with Crippen molar-refractivity contribution in [2.24, 2.45) is 10.9 Å². The number of halogens is 1. The molecule has 0 fully saturated rings. The first-order valence-electron chi connectivity index (χ1n) is 6.54. The highest BCUT2D eigenvalue weighted by Crippen LogP contribution is 2.26. The van der Waals surface area contributed by atoms with E-state index in [1.807, 2.05) is 0 Å². The molecule has 6 heteroatoms. The third-order valence-corrected chi connectivity index (χ3v) is 3.31. The van der Waals surface area contributed by atoms with Crippen LogP contribution in [0.25, 0.3) is 0 Å². The van der Waals surface area contributed by atoms with E-state index in [0.717, 1.165) is 6.07 Å². The Kier molecular flexibility index (Phi) is 3.42. The Balaban J connectivity index is 1.90. The highest BCUT2D eigenvalue weighted by Gasteiger charge is 2.33. The van der Waals surface area contributed by atoms with Gasteiger partial charge in [-0.25, -0.2) is 9.38 Å². The number of nitrogens with one attached hydrogen (secondary N) is 1. The van der Waals surface area contributed by atoms with Gasteiger partial charge in [-0.3, -0.25) is 9.59 Å². The maximum atomic E-state index is 13.1. The molecule has 110 valence electrons. The van der Waals surface area contributed by atoms with Crippen molar-refractivity contribution in [3.05, 3.63) is 65.7 Å². The lowest BCUT2D eigenvalue weighted by Crippen LogP contribution is -2.30. The molecule has 1 atom stereocenters. The topological polar surface area (TPSA) is 78.8 Å². The molecule has 1 aliphatic carbocycles. The van der Waals surface area contributed by atoms with Crippen LogP contribution in [0, 0.1) is 11.7 Å². The van der Waals surface area contributed by atoms with Crippen LogP contribution in [0.3, 0.4) is 0 Å². The van der Waals surface area contributed by atoms with Gasteiger partial charge in [0.05, 0.1) is 11.6 Å². The number of dihydropyridines is 1. The van der Waals surface area contributed by atoms with E-state index in [-0.39, 0.29) is 11.4 Å². The highest BCUT2D eigenvalue weighted by molar-refractivity contribution is 6.28. The van der Waals surface area contributed by atoms with Crippen LogP contribution in [0.2, 0.25) is 0 Å². The number of carbonyl (C=O) groups is 2. The first kappa shape index (κ1) is 13.9. The molecule has 5 nitrogen and oxygen atoms in total. The van der Waals surface area contributed by atoms with Crippen LogP contribution in [0.5, 0.6) is 0 Å². The fourth-order valence-electron chi connectivity index (χ4n) is 2.28. The molecule has 2 aliphatic rings. The predicted molar refractivity (Wildman–Crippen MR) is 78.9 cm³/mol. The van der Waals surface area contributed by atoms with Crippen molar-refractivity contribution in [2.75, 3.05) is 5.32 Å². The lowest BCUT2D eigenvalue weighted by Gasteiger charge is -2.21. The number of hydrogen-bond acceptors (Lipinski definition) is 3. The third kappa shape index (κ3) is 2.46. The van der Waals surface area contributed by atoms with Crippen LogP contribution >= 0.6 is 0 Å². The number of carbonyl (C=O) groups excluding carboxylic acids is 2. The highest BCUT2D eigenvalue weighted by atomic mass is 19.1. The van der Waals surface area contributed by atoms with Gasteiger partial charge in [-0.2, -0.15) is 0 Å². The number of aliphatic imine (C=N–C) groups is 1. The molecule has 0 saturated heterocycles. The number of amides is 2. The summed E-state index contributed by atoms with van der Waals surface area (Å²) in [7, 11) is 0. The minimum atomic E-state index is -0.822. The van der Waals surface area contributed by atoms with Gasteiger partial charge >= 0.3 is 0 Å². The van der Waals surface area contributed by atoms with E-state index in [2.05, 4.69) is 10.3 Å². The first-order valence-corrected chi connectivity index (χ1v) is 6.54. The second kappa shape index (κ2) is 5.40. The molecule has 1 aromatic carbocycles. The van der Waals surface area contributed by atoms with E-state index in [4.69, 9.17) is 0 Å². The number of benzene rings is 1. The van der Waals surface area contributed by atoms with Gasteiger partial charge in [0.1, 0.15) is 17.1 Å². The van der Waals surface area contributed by atoms with Gasteiger partial charge in [-0.1, -0.05) is 24.3 Å². The lowest BCUT2D eigenvalue weighted by molar-refractivity contribution is -0.119. The lowest BCUT2D eigenvalue weighted by atomic mass is 9.90. The number of rotatable bonds is 2. The van der Waals surface area contributed by atoms with Crippen LogP contribution in [0.4, 0.5) is 10.1 Å². The van der Waals surface area contributed by atoms with E-state index in [0.29, 0.717) is 5.71 Å². The number of nitrogens with zero attached hydrogens (tertiary/aromatic N) is 1. The van der Waals surface area contributed by atoms with E-state index in [1.165, 1.54) is 18.2 Å². The molecule has 0 radical (unpaired) electrons. The number of aliphatic hydroxyl groups is 1. The Hall–Kier alpha value is -3.02. The minimum Gasteiger partial charge on any atom is -0.510 e. The quantitative estimate of drug-likeness (QED) is 0.822. The van der Waals surface area contributed by atoms with Crippen molar-refractivity contribution in [1.82, 2.24) is 0 Å². The number of aliphatic hydroxyl groups excluding tert-OH is 1. The molecule has 2 amide bonds. The summed E-state index contributed by atoms with van der Waals surface area (Å²) in [5.41, 5.74) is 0.136. The summed E-state index contributed by atoms with van der Waals surface area (Å²) in [5.74, 6) is -3.14. The Morgan fingerprint density at radius 3 is 2.91 bits per heavy atom. The van der Waals surface area contributed by atoms with Crippen molar-refractivity contribution in [1.29, 1.82) is 0 Å². The van der Waals surface area contributed by atoms with Gasteiger partial charge in [-0.05, 0) is 24.3 Å². The average Bonchev–Trinajstić information content (AvgIpc) is 2.47. The summed E-state index contributed by atoms with van der Waals surface area (Å²) in [6.07, 6.45) is 6.61. The number of allylic oxidation sites excluding steroid dienone is 4. The zero-order chi connectivity index (χ0) is 15.7. The van der Waals surface area contributed by atoms with Crippen LogP contribution in [0.1, 0.15) is 0 Å². The summed E-state index contributed by atoms with van der Waals surface area (Å²) in [5, 5.41) is 12.6. The van der Waals surface area contributed by atoms with Gasteiger partial charge in [0, 0.05) is 5.69 Å². The number of anilines is 1. The van der Waals surface area contributed by atoms with Crippen molar-refractivity contribution in [3.8, 4) is 0 Å². The monoisotopic (exact) mass is 298 g/mol. The standard InChI is InChI=1S/C16H11FN2O3/c17-9-4-3-5-10(8-9)18-15(21)13-14(20)11-6-1-2-7-12(11)19-16(13)22/h1-8,11,20H,(H,18,21).